The number of nitrogens with zero attached hydrogens (tertiary/aromatic N) is 2. The molecule has 0 spiro atoms. The second kappa shape index (κ2) is 5.69. The molecule has 0 saturated carbocycles. The lowest BCUT2D eigenvalue weighted by atomic mass is 10.1. The number of hydrogen-bond donors (Lipinski definition) is 1. The van der Waals surface area contributed by atoms with Crippen molar-refractivity contribution < 1.29 is 4.52 Å². The molecule has 1 heterocycles. The molecule has 0 fully saturated rings. The zero-order chi connectivity index (χ0) is 14.8. The number of anilines is 1. The van der Waals surface area contributed by atoms with Crippen LogP contribution in [0.15, 0.2) is 51.5 Å². The van der Waals surface area contributed by atoms with Crippen LogP contribution in [0.4, 0.5) is 5.69 Å². The van der Waals surface area contributed by atoms with Gasteiger partial charge in [-0.05, 0) is 36.2 Å². The lowest BCUT2D eigenvalue weighted by Crippen LogP contribution is -1.90. The first-order valence-electron chi connectivity index (χ1n) is 6.55. The first-order chi connectivity index (χ1) is 10.1. The first-order valence-corrected chi connectivity index (χ1v) is 7.34. The highest BCUT2D eigenvalue weighted by molar-refractivity contribution is 9.10. The number of halogens is 1. The molecule has 2 aromatic carbocycles. The van der Waals surface area contributed by atoms with Crippen LogP contribution in [0.2, 0.25) is 0 Å². The van der Waals surface area contributed by atoms with Crippen molar-refractivity contribution in [3.63, 3.8) is 0 Å². The van der Waals surface area contributed by atoms with E-state index in [2.05, 4.69) is 26.1 Å². The molecule has 0 unspecified atom stereocenters. The van der Waals surface area contributed by atoms with E-state index in [1.54, 1.807) is 0 Å². The van der Waals surface area contributed by atoms with Crippen LogP contribution in [0, 0.1) is 6.92 Å². The normalized spacial score (nSPS) is 10.8. The Hall–Kier alpha value is -2.14. The van der Waals surface area contributed by atoms with Crippen molar-refractivity contribution >= 4 is 21.6 Å². The zero-order valence-corrected chi connectivity index (χ0v) is 13.1. The van der Waals surface area contributed by atoms with Gasteiger partial charge in [-0.15, -0.1) is 0 Å². The van der Waals surface area contributed by atoms with Crippen molar-refractivity contribution in [3.05, 3.63) is 64.0 Å². The summed E-state index contributed by atoms with van der Waals surface area (Å²) >= 11 is 3.51. The van der Waals surface area contributed by atoms with Gasteiger partial charge in [0.2, 0.25) is 11.7 Å². The average Bonchev–Trinajstić information content (AvgIpc) is 2.93. The molecule has 0 bridgehead atoms. The van der Waals surface area contributed by atoms with Crippen LogP contribution in [0.5, 0.6) is 0 Å². The number of hydrogen-bond acceptors (Lipinski definition) is 4. The standard InChI is InChI=1S/C16H14BrN3O/c1-10-2-5-12(9-14(10)17)16-19-15(21-20-16)8-11-3-6-13(18)7-4-11/h2-7,9H,8,18H2,1H3. The molecule has 4 nitrogen and oxygen atoms in total. The Balaban J connectivity index is 1.82. The largest absolute Gasteiger partial charge is 0.399 e. The number of aryl methyl sites for hydroxylation is 1. The molecule has 0 saturated heterocycles. The summed E-state index contributed by atoms with van der Waals surface area (Å²) in [7, 11) is 0. The SMILES string of the molecule is Cc1ccc(-c2noc(Cc3ccc(N)cc3)n2)cc1Br. The highest BCUT2D eigenvalue weighted by Crippen LogP contribution is 2.24. The molecule has 3 rings (SSSR count). The summed E-state index contributed by atoms with van der Waals surface area (Å²) in [5.74, 6) is 1.19. The number of nitrogens with two attached hydrogens (primary N) is 1. The van der Waals surface area contributed by atoms with E-state index in [1.807, 2.05) is 49.4 Å². The summed E-state index contributed by atoms with van der Waals surface area (Å²) in [6.07, 6.45) is 0.598. The molecule has 0 aliphatic carbocycles. The van der Waals surface area contributed by atoms with Crippen LogP contribution in [-0.4, -0.2) is 10.1 Å². The lowest BCUT2D eigenvalue weighted by Gasteiger charge is -1.99. The van der Waals surface area contributed by atoms with E-state index >= 15 is 0 Å². The van der Waals surface area contributed by atoms with Crippen LogP contribution in [0.3, 0.4) is 0 Å². The molecule has 21 heavy (non-hydrogen) atoms. The third-order valence-electron chi connectivity index (χ3n) is 3.23. The lowest BCUT2D eigenvalue weighted by molar-refractivity contribution is 0.385. The van der Waals surface area contributed by atoms with Crippen molar-refractivity contribution in [2.75, 3.05) is 5.73 Å². The van der Waals surface area contributed by atoms with E-state index in [1.165, 1.54) is 5.56 Å². The van der Waals surface area contributed by atoms with Gasteiger partial charge >= 0.3 is 0 Å². The van der Waals surface area contributed by atoms with Gasteiger partial charge in [0.1, 0.15) is 0 Å². The summed E-state index contributed by atoms with van der Waals surface area (Å²) in [4.78, 5) is 4.44. The number of rotatable bonds is 3. The van der Waals surface area contributed by atoms with Gasteiger partial charge in [-0.3, -0.25) is 0 Å². The highest BCUT2D eigenvalue weighted by Gasteiger charge is 2.10. The Labute approximate surface area is 131 Å². The van der Waals surface area contributed by atoms with Gasteiger partial charge in [-0.2, -0.15) is 4.98 Å². The van der Waals surface area contributed by atoms with Crippen LogP contribution >= 0.6 is 15.9 Å². The van der Waals surface area contributed by atoms with Gasteiger partial charge in [0.05, 0.1) is 6.42 Å². The monoisotopic (exact) mass is 343 g/mol. The van der Waals surface area contributed by atoms with Crippen molar-refractivity contribution in [1.29, 1.82) is 0 Å². The molecule has 2 N–H and O–H groups in total. The molecule has 5 heteroatoms. The maximum atomic E-state index is 5.67. The summed E-state index contributed by atoms with van der Waals surface area (Å²) in [5, 5.41) is 4.04. The van der Waals surface area contributed by atoms with Crippen LogP contribution in [0.25, 0.3) is 11.4 Å². The van der Waals surface area contributed by atoms with Crippen molar-refractivity contribution in [2.45, 2.75) is 13.3 Å². The summed E-state index contributed by atoms with van der Waals surface area (Å²) in [5.41, 5.74) is 9.60. The molecule has 0 aliphatic rings. The van der Waals surface area contributed by atoms with E-state index in [9.17, 15) is 0 Å². The van der Waals surface area contributed by atoms with E-state index in [4.69, 9.17) is 10.3 Å². The average molecular weight is 344 g/mol. The van der Waals surface area contributed by atoms with Crippen molar-refractivity contribution in [1.82, 2.24) is 10.1 Å². The molecule has 106 valence electrons. The Kier molecular flexibility index (Phi) is 3.75. The third-order valence-corrected chi connectivity index (χ3v) is 4.09. The van der Waals surface area contributed by atoms with Gasteiger partial charge in [0.25, 0.3) is 0 Å². The van der Waals surface area contributed by atoms with E-state index in [0.717, 1.165) is 21.3 Å². The van der Waals surface area contributed by atoms with E-state index < -0.39 is 0 Å². The summed E-state index contributed by atoms with van der Waals surface area (Å²) < 4.78 is 6.35. The van der Waals surface area contributed by atoms with E-state index in [-0.39, 0.29) is 0 Å². The van der Waals surface area contributed by atoms with Crippen LogP contribution in [0.1, 0.15) is 17.0 Å². The summed E-state index contributed by atoms with van der Waals surface area (Å²) in [6.45, 7) is 2.04. The minimum Gasteiger partial charge on any atom is -0.399 e. The topological polar surface area (TPSA) is 64.9 Å². The van der Waals surface area contributed by atoms with Gasteiger partial charge < -0.3 is 10.3 Å². The van der Waals surface area contributed by atoms with Crippen molar-refractivity contribution in [3.8, 4) is 11.4 Å². The first kappa shape index (κ1) is 13.8. The van der Waals surface area contributed by atoms with Crippen LogP contribution in [-0.2, 0) is 6.42 Å². The quantitative estimate of drug-likeness (QED) is 0.730. The Morgan fingerprint density at radius 3 is 2.62 bits per heavy atom. The molecule has 0 amide bonds. The van der Waals surface area contributed by atoms with Crippen LogP contribution < -0.4 is 5.73 Å². The number of benzene rings is 2. The molecule has 0 atom stereocenters. The molecular weight excluding hydrogens is 330 g/mol. The summed E-state index contributed by atoms with van der Waals surface area (Å²) in [6, 6.07) is 13.7. The molecule has 3 aromatic rings. The fourth-order valence-electron chi connectivity index (χ4n) is 1.99. The minimum atomic E-state index is 0.589. The van der Waals surface area contributed by atoms with Gasteiger partial charge in [0.15, 0.2) is 0 Å². The fraction of sp³-hybridized carbons (Fsp3) is 0.125. The predicted molar refractivity (Wildman–Crippen MR) is 85.8 cm³/mol. The minimum absolute atomic E-state index is 0.589. The Morgan fingerprint density at radius 2 is 1.90 bits per heavy atom. The number of nitrogen functional groups attached to an aromatic ring is 1. The maximum Gasteiger partial charge on any atom is 0.231 e. The second-order valence-electron chi connectivity index (χ2n) is 4.89. The molecule has 0 radical (unpaired) electrons. The molecular formula is C16H14BrN3O. The molecule has 1 aromatic heterocycles. The smallest absolute Gasteiger partial charge is 0.231 e. The highest BCUT2D eigenvalue weighted by atomic mass is 79.9. The second-order valence-corrected chi connectivity index (χ2v) is 5.75. The maximum absolute atomic E-state index is 5.67. The van der Waals surface area contributed by atoms with Crippen molar-refractivity contribution in [2.24, 2.45) is 0 Å². The fourth-order valence-corrected chi connectivity index (χ4v) is 2.36. The predicted octanol–water partition coefficient (Wildman–Crippen LogP) is 3.98. The van der Waals surface area contributed by atoms with Gasteiger partial charge in [-0.1, -0.05) is 45.4 Å². The Bertz CT molecular complexity index is 765. The Morgan fingerprint density at radius 1 is 1.14 bits per heavy atom. The van der Waals surface area contributed by atoms with E-state index in [0.29, 0.717) is 18.1 Å². The number of aromatic nitrogens is 2. The van der Waals surface area contributed by atoms with Gasteiger partial charge in [-0.25, -0.2) is 0 Å². The van der Waals surface area contributed by atoms with Gasteiger partial charge in [0, 0.05) is 15.7 Å². The third kappa shape index (κ3) is 3.13. The zero-order valence-electron chi connectivity index (χ0n) is 11.5. The molecule has 0 aliphatic heterocycles.